The minimum Gasteiger partial charge on any atom is -0.493 e. The molecule has 0 bridgehead atoms. The zero-order valence-electron chi connectivity index (χ0n) is 14.1. The van der Waals surface area contributed by atoms with Crippen LogP contribution < -0.4 is 14.8 Å². The van der Waals surface area contributed by atoms with Gasteiger partial charge in [0, 0.05) is 25.8 Å². The van der Waals surface area contributed by atoms with Gasteiger partial charge in [-0.15, -0.1) is 0 Å². The molecule has 0 radical (unpaired) electrons. The van der Waals surface area contributed by atoms with Crippen molar-refractivity contribution in [2.45, 2.75) is 13.2 Å². The van der Waals surface area contributed by atoms with Gasteiger partial charge in [-0.2, -0.15) is 0 Å². The third-order valence-corrected chi connectivity index (χ3v) is 4.12. The van der Waals surface area contributed by atoms with Crippen LogP contribution in [0.15, 0.2) is 30.3 Å². The fourth-order valence-corrected chi connectivity index (χ4v) is 2.72. The molecule has 7 heteroatoms. The molecule has 2 aromatic rings. The Balaban J connectivity index is 2.09. The van der Waals surface area contributed by atoms with Gasteiger partial charge in [-0.25, -0.2) is 4.39 Å². The van der Waals surface area contributed by atoms with Crippen molar-refractivity contribution < 1.29 is 18.6 Å². The van der Waals surface area contributed by atoms with Crippen LogP contribution >= 0.6 is 23.2 Å². The smallest absolute Gasteiger partial charge is 0.180 e. The van der Waals surface area contributed by atoms with E-state index in [0.717, 1.165) is 12.1 Å². The summed E-state index contributed by atoms with van der Waals surface area (Å²) in [7, 11) is 3.20. The van der Waals surface area contributed by atoms with Crippen molar-refractivity contribution in [1.82, 2.24) is 5.32 Å². The minimum atomic E-state index is -0.394. The van der Waals surface area contributed by atoms with Crippen molar-refractivity contribution in [2.75, 3.05) is 27.4 Å². The SMILES string of the molecule is COCCNCc1cc(Cl)c(OCc2ccc(F)cc2Cl)c(OC)c1. The van der Waals surface area contributed by atoms with Gasteiger partial charge in [0.1, 0.15) is 12.4 Å². The zero-order valence-corrected chi connectivity index (χ0v) is 15.6. The molecule has 0 heterocycles. The molecule has 0 unspecified atom stereocenters. The van der Waals surface area contributed by atoms with Crippen LogP contribution in [0.1, 0.15) is 11.1 Å². The molecule has 0 aliphatic heterocycles. The Bertz CT molecular complexity index is 713. The molecule has 1 N–H and O–H groups in total. The zero-order chi connectivity index (χ0) is 18.2. The molecule has 0 fully saturated rings. The van der Waals surface area contributed by atoms with Gasteiger partial charge in [0.2, 0.25) is 0 Å². The van der Waals surface area contributed by atoms with Gasteiger partial charge in [0.15, 0.2) is 11.5 Å². The molecule has 2 aromatic carbocycles. The summed E-state index contributed by atoms with van der Waals surface area (Å²) in [5.74, 6) is 0.550. The van der Waals surface area contributed by atoms with Gasteiger partial charge in [-0.05, 0) is 29.8 Å². The Morgan fingerprint density at radius 2 is 1.88 bits per heavy atom. The number of hydrogen-bond acceptors (Lipinski definition) is 4. The molecule has 0 amide bonds. The first-order valence-corrected chi connectivity index (χ1v) is 8.43. The lowest BCUT2D eigenvalue weighted by molar-refractivity contribution is 0.199. The van der Waals surface area contributed by atoms with Crippen LogP contribution in [0.25, 0.3) is 0 Å². The second kappa shape index (κ2) is 9.82. The summed E-state index contributed by atoms with van der Waals surface area (Å²) in [5, 5.41) is 3.97. The first-order chi connectivity index (χ1) is 12.0. The molecule has 4 nitrogen and oxygen atoms in total. The predicted molar refractivity (Wildman–Crippen MR) is 97.3 cm³/mol. The highest BCUT2D eigenvalue weighted by molar-refractivity contribution is 6.32. The number of rotatable bonds is 9. The molecule has 0 aliphatic carbocycles. The number of halogens is 3. The van der Waals surface area contributed by atoms with Crippen molar-refractivity contribution in [1.29, 1.82) is 0 Å². The lowest BCUT2D eigenvalue weighted by Crippen LogP contribution is -2.18. The average molecular weight is 388 g/mol. The Labute approximate surface area is 156 Å². The second-order valence-electron chi connectivity index (χ2n) is 5.30. The highest BCUT2D eigenvalue weighted by Crippen LogP contribution is 2.37. The van der Waals surface area contributed by atoms with E-state index in [2.05, 4.69) is 5.32 Å². The van der Waals surface area contributed by atoms with Crippen LogP contribution in [0, 0.1) is 5.82 Å². The summed E-state index contributed by atoms with van der Waals surface area (Å²) in [4.78, 5) is 0. The summed E-state index contributed by atoms with van der Waals surface area (Å²) < 4.78 is 29.2. The van der Waals surface area contributed by atoms with E-state index in [4.69, 9.17) is 37.4 Å². The lowest BCUT2D eigenvalue weighted by atomic mass is 10.2. The predicted octanol–water partition coefficient (Wildman–Crippen LogP) is 4.46. The van der Waals surface area contributed by atoms with Crippen molar-refractivity contribution >= 4 is 23.2 Å². The van der Waals surface area contributed by atoms with E-state index < -0.39 is 5.82 Å². The van der Waals surface area contributed by atoms with Gasteiger partial charge >= 0.3 is 0 Å². The summed E-state index contributed by atoms with van der Waals surface area (Å²) in [5.41, 5.74) is 1.62. The number of ether oxygens (including phenoxy) is 3. The normalized spacial score (nSPS) is 10.8. The van der Waals surface area contributed by atoms with Gasteiger partial charge in [-0.3, -0.25) is 0 Å². The number of benzene rings is 2. The fraction of sp³-hybridized carbons (Fsp3) is 0.333. The Morgan fingerprint density at radius 1 is 1.08 bits per heavy atom. The topological polar surface area (TPSA) is 39.7 Å². The maximum atomic E-state index is 13.1. The van der Waals surface area contributed by atoms with Crippen LogP contribution in [0.5, 0.6) is 11.5 Å². The van der Waals surface area contributed by atoms with Crippen molar-refractivity contribution in [3.63, 3.8) is 0 Å². The lowest BCUT2D eigenvalue weighted by Gasteiger charge is -2.15. The number of methoxy groups -OCH3 is 2. The first-order valence-electron chi connectivity index (χ1n) is 7.68. The Hall–Kier alpha value is -1.53. The van der Waals surface area contributed by atoms with E-state index in [-0.39, 0.29) is 6.61 Å². The fourth-order valence-electron chi connectivity index (χ4n) is 2.21. The maximum Gasteiger partial charge on any atom is 0.180 e. The quantitative estimate of drug-likeness (QED) is 0.644. The number of hydrogen-bond donors (Lipinski definition) is 1. The first kappa shape index (κ1) is 19.8. The molecule has 25 heavy (non-hydrogen) atoms. The van der Waals surface area contributed by atoms with Crippen LogP contribution in [-0.2, 0) is 17.9 Å². The van der Waals surface area contributed by atoms with E-state index in [1.165, 1.54) is 12.1 Å². The van der Waals surface area contributed by atoms with Crippen molar-refractivity contribution in [2.24, 2.45) is 0 Å². The molecule has 0 saturated carbocycles. The van der Waals surface area contributed by atoms with Crippen LogP contribution in [-0.4, -0.2) is 27.4 Å². The summed E-state index contributed by atoms with van der Waals surface area (Å²) in [6.45, 7) is 2.15. The van der Waals surface area contributed by atoms with Gasteiger partial charge < -0.3 is 19.5 Å². The third kappa shape index (κ3) is 5.75. The molecule has 0 spiro atoms. The molecule has 0 aliphatic rings. The average Bonchev–Trinajstić information content (AvgIpc) is 2.58. The molecule has 136 valence electrons. The monoisotopic (exact) mass is 387 g/mol. The van der Waals surface area contributed by atoms with E-state index in [1.807, 2.05) is 12.1 Å². The van der Waals surface area contributed by atoms with Gasteiger partial charge in [0.25, 0.3) is 0 Å². The van der Waals surface area contributed by atoms with Gasteiger partial charge in [0.05, 0.1) is 23.8 Å². The molecule has 0 aromatic heterocycles. The molecular formula is C18H20Cl2FNO3. The number of nitrogens with one attached hydrogen (secondary N) is 1. The van der Waals surface area contributed by atoms with Crippen molar-refractivity contribution in [3.05, 3.63) is 57.3 Å². The van der Waals surface area contributed by atoms with Crippen LogP contribution in [0.4, 0.5) is 4.39 Å². The van der Waals surface area contributed by atoms with Crippen LogP contribution in [0.2, 0.25) is 10.0 Å². The highest BCUT2D eigenvalue weighted by Gasteiger charge is 2.13. The highest BCUT2D eigenvalue weighted by atomic mass is 35.5. The Kier molecular flexibility index (Phi) is 7.78. The molecule has 0 atom stereocenters. The molecule has 0 saturated heterocycles. The van der Waals surface area contributed by atoms with E-state index in [1.54, 1.807) is 20.3 Å². The van der Waals surface area contributed by atoms with Crippen LogP contribution in [0.3, 0.4) is 0 Å². The van der Waals surface area contributed by atoms with E-state index in [0.29, 0.717) is 40.3 Å². The van der Waals surface area contributed by atoms with E-state index >= 15 is 0 Å². The van der Waals surface area contributed by atoms with Crippen molar-refractivity contribution in [3.8, 4) is 11.5 Å². The van der Waals surface area contributed by atoms with Gasteiger partial charge in [-0.1, -0.05) is 29.3 Å². The van der Waals surface area contributed by atoms with E-state index in [9.17, 15) is 4.39 Å². The standard InChI is InChI=1S/C18H20Cl2FNO3/c1-23-6-5-22-10-12-7-16(20)18(17(8-12)24-2)25-11-13-3-4-14(21)9-15(13)19/h3-4,7-9,22H,5-6,10-11H2,1-2H3. The maximum absolute atomic E-state index is 13.1. The summed E-state index contributed by atoms with van der Waals surface area (Å²) in [6.07, 6.45) is 0. The second-order valence-corrected chi connectivity index (χ2v) is 6.12. The molecular weight excluding hydrogens is 368 g/mol. The Morgan fingerprint density at radius 3 is 2.56 bits per heavy atom. The molecule has 2 rings (SSSR count). The summed E-state index contributed by atoms with van der Waals surface area (Å²) >= 11 is 12.3. The largest absolute Gasteiger partial charge is 0.493 e. The summed E-state index contributed by atoms with van der Waals surface area (Å²) in [6, 6.07) is 7.82. The third-order valence-electron chi connectivity index (χ3n) is 3.49. The minimum absolute atomic E-state index is 0.153.